The van der Waals surface area contributed by atoms with Crippen LogP contribution < -0.4 is 14.8 Å². The van der Waals surface area contributed by atoms with Crippen LogP contribution >= 0.6 is 0 Å². The number of benzene rings is 2. The molecule has 1 unspecified atom stereocenters. The zero-order valence-corrected chi connectivity index (χ0v) is 15.3. The van der Waals surface area contributed by atoms with Crippen LogP contribution in [0.25, 0.3) is 11.3 Å². The molecular weight excluding hydrogens is 361 g/mol. The highest BCUT2D eigenvalue weighted by Gasteiger charge is 2.15. The standard InChI is InChI=1S/C21H20FN3O3/c1-15(28-19-10-6-5-9-17(19)22)21(26)23-13-14-27-20-12-11-18(24-25-20)16-7-3-2-4-8-16/h2-12,15H,13-14H2,1H3,(H,23,26). The number of halogens is 1. The third-order valence-corrected chi connectivity index (χ3v) is 3.87. The van der Waals surface area contributed by atoms with Gasteiger partial charge in [-0.25, -0.2) is 4.39 Å². The maximum Gasteiger partial charge on any atom is 0.260 e. The molecular formula is C21H20FN3O3. The fraction of sp³-hybridized carbons (Fsp3) is 0.190. The van der Waals surface area contributed by atoms with Gasteiger partial charge >= 0.3 is 0 Å². The zero-order valence-electron chi connectivity index (χ0n) is 15.3. The lowest BCUT2D eigenvalue weighted by Gasteiger charge is -2.15. The average Bonchev–Trinajstić information content (AvgIpc) is 2.73. The van der Waals surface area contributed by atoms with Gasteiger partial charge in [0.05, 0.1) is 12.2 Å². The van der Waals surface area contributed by atoms with Crippen LogP contribution in [0, 0.1) is 5.82 Å². The lowest BCUT2D eigenvalue weighted by Crippen LogP contribution is -2.38. The number of aromatic nitrogens is 2. The van der Waals surface area contributed by atoms with E-state index in [0.717, 1.165) is 11.3 Å². The van der Waals surface area contributed by atoms with E-state index >= 15 is 0 Å². The fourth-order valence-electron chi connectivity index (χ4n) is 2.42. The van der Waals surface area contributed by atoms with Crippen molar-refractivity contribution in [3.8, 4) is 22.9 Å². The summed E-state index contributed by atoms with van der Waals surface area (Å²) in [5, 5.41) is 10.8. The lowest BCUT2D eigenvalue weighted by molar-refractivity contribution is -0.127. The molecule has 1 aromatic heterocycles. The van der Waals surface area contributed by atoms with Crippen molar-refractivity contribution in [1.29, 1.82) is 0 Å². The molecule has 1 amide bonds. The largest absolute Gasteiger partial charge is 0.478 e. The van der Waals surface area contributed by atoms with E-state index < -0.39 is 11.9 Å². The van der Waals surface area contributed by atoms with Gasteiger partial charge in [0.1, 0.15) is 6.61 Å². The summed E-state index contributed by atoms with van der Waals surface area (Å²) in [4.78, 5) is 12.0. The number of amides is 1. The molecule has 0 saturated carbocycles. The second kappa shape index (κ2) is 9.45. The van der Waals surface area contributed by atoms with Crippen LogP contribution in [0.1, 0.15) is 6.92 Å². The number of carbonyl (C=O) groups is 1. The molecule has 6 nitrogen and oxygen atoms in total. The molecule has 144 valence electrons. The first-order valence-corrected chi connectivity index (χ1v) is 8.84. The molecule has 0 bridgehead atoms. The second-order valence-corrected chi connectivity index (χ2v) is 5.95. The van der Waals surface area contributed by atoms with Gasteiger partial charge in [-0.15, -0.1) is 10.2 Å². The second-order valence-electron chi connectivity index (χ2n) is 5.95. The molecule has 0 saturated heterocycles. The van der Waals surface area contributed by atoms with E-state index in [9.17, 15) is 9.18 Å². The summed E-state index contributed by atoms with van der Waals surface area (Å²) in [7, 11) is 0. The number of hydrogen-bond donors (Lipinski definition) is 1. The predicted octanol–water partition coefficient (Wildman–Crippen LogP) is 3.25. The van der Waals surface area contributed by atoms with Gasteiger partial charge < -0.3 is 14.8 Å². The van der Waals surface area contributed by atoms with Gasteiger partial charge in [0.25, 0.3) is 5.91 Å². The van der Waals surface area contributed by atoms with E-state index in [1.165, 1.54) is 12.1 Å². The van der Waals surface area contributed by atoms with E-state index in [4.69, 9.17) is 9.47 Å². The molecule has 0 spiro atoms. The highest BCUT2D eigenvalue weighted by atomic mass is 19.1. The summed E-state index contributed by atoms with van der Waals surface area (Å²) in [5.74, 6) is -0.472. The molecule has 28 heavy (non-hydrogen) atoms. The topological polar surface area (TPSA) is 73.3 Å². The van der Waals surface area contributed by atoms with Crippen molar-refractivity contribution in [3.05, 3.63) is 72.5 Å². The van der Waals surface area contributed by atoms with Gasteiger partial charge in [0, 0.05) is 11.6 Å². The van der Waals surface area contributed by atoms with E-state index in [1.807, 2.05) is 36.4 Å². The minimum Gasteiger partial charge on any atom is -0.478 e. The molecule has 0 aliphatic heterocycles. The molecule has 0 fully saturated rings. The van der Waals surface area contributed by atoms with Crippen molar-refractivity contribution in [2.24, 2.45) is 0 Å². The first kappa shape index (κ1) is 19.3. The van der Waals surface area contributed by atoms with Crippen LogP contribution in [0.3, 0.4) is 0 Å². The Morgan fingerprint density at radius 3 is 2.50 bits per heavy atom. The molecule has 3 rings (SSSR count). The summed E-state index contributed by atoms with van der Waals surface area (Å²) in [6, 6.07) is 19.2. The van der Waals surface area contributed by atoms with E-state index in [1.54, 1.807) is 25.1 Å². The molecule has 7 heteroatoms. The minimum atomic E-state index is -0.832. The summed E-state index contributed by atoms with van der Waals surface area (Å²) in [5.41, 5.74) is 1.72. The van der Waals surface area contributed by atoms with Crippen LogP contribution in [-0.2, 0) is 4.79 Å². The van der Waals surface area contributed by atoms with Crippen LogP contribution in [0.2, 0.25) is 0 Å². The zero-order chi connectivity index (χ0) is 19.8. The van der Waals surface area contributed by atoms with Gasteiger partial charge in [0.15, 0.2) is 17.7 Å². The normalized spacial score (nSPS) is 11.5. The first-order valence-electron chi connectivity index (χ1n) is 8.84. The number of rotatable bonds is 8. The Bertz CT molecular complexity index is 904. The van der Waals surface area contributed by atoms with Crippen LogP contribution in [-0.4, -0.2) is 35.4 Å². The van der Waals surface area contributed by atoms with Crippen LogP contribution in [0.15, 0.2) is 66.7 Å². The highest BCUT2D eigenvalue weighted by molar-refractivity contribution is 5.80. The Morgan fingerprint density at radius 2 is 1.79 bits per heavy atom. The quantitative estimate of drug-likeness (QED) is 0.607. The highest BCUT2D eigenvalue weighted by Crippen LogP contribution is 2.18. The third-order valence-electron chi connectivity index (χ3n) is 3.87. The number of carbonyl (C=O) groups excluding carboxylic acids is 1. The van der Waals surface area contributed by atoms with Gasteiger partial charge in [-0.2, -0.15) is 0 Å². The third kappa shape index (κ3) is 5.26. The van der Waals surface area contributed by atoms with Crippen molar-refractivity contribution >= 4 is 5.91 Å². The van der Waals surface area contributed by atoms with Crippen molar-refractivity contribution in [2.75, 3.05) is 13.2 Å². The Labute approximate surface area is 162 Å². The predicted molar refractivity (Wildman–Crippen MR) is 102 cm³/mol. The monoisotopic (exact) mass is 381 g/mol. The number of para-hydroxylation sites is 1. The maximum atomic E-state index is 13.6. The maximum absolute atomic E-state index is 13.6. The first-order chi connectivity index (χ1) is 13.6. The molecule has 1 heterocycles. The molecule has 1 N–H and O–H groups in total. The average molecular weight is 381 g/mol. The fourth-order valence-corrected chi connectivity index (χ4v) is 2.42. The molecule has 0 radical (unpaired) electrons. The van der Waals surface area contributed by atoms with Gasteiger partial charge in [-0.05, 0) is 25.1 Å². The summed E-state index contributed by atoms with van der Waals surface area (Å²) in [6.07, 6.45) is -0.832. The van der Waals surface area contributed by atoms with Crippen LogP contribution in [0.4, 0.5) is 4.39 Å². The number of nitrogens with zero attached hydrogens (tertiary/aromatic N) is 2. The van der Waals surface area contributed by atoms with Crippen molar-refractivity contribution in [3.63, 3.8) is 0 Å². The molecule has 2 aromatic carbocycles. The summed E-state index contributed by atoms with van der Waals surface area (Å²) in [6.45, 7) is 2.03. The SMILES string of the molecule is CC(Oc1ccccc1F)C(=O)NCCOc1ccc(-c2ccccc2)nn1. The lowest BCUT2D eigenvalue weighted by atomic mass is 10.1. The summed E-state index contributed by atoms with van der Waals surface area (Å²) < 4.78 is 24.4. The summed E-state index contributed by atoms with van der Waals surface area (Å²) >= 11 is 0. The number of nitrogens with one attached hydrogen (secondary N) is 1. The van der Waals surface area contributed by atoms with E-state index in [-0.39, 0.29) is 24.8 Å². The number of hydrogen-bond acceptors (Lipinski definition) is 5. The van der Waals surface area contributed by atoms with Gasteiger partial charge in [-0.3, -0.25) is 4.79 Å². The molecule has 0 aliphatic rings. The Kier molecular flexibility index (Phi) is 6.51. The molecule has 0 aliphatic carbocycles. The molecule has 3 aromatic rings. The van der Waals surface area contributed by atoms with Crippen molar-refractivity contribution in [2.45, 2.75) is 13.0 Å². The smallest absolute Gasteiger partial charge is 0.260 e. The van der Waals surface area contributed by atoms with E-state index in [0.29, 0.717) is 5.88 Å². The minimum absolute atomic E-state index is 0.0372. The molecule has 1 atom stereocenters. The Balaban J connectivity index is 1.41. The Hall–Kier alpha value is -3.48. The van der Waals surface area contributed by atoms with Crippen LogP contribution in [0.5, 0.6) is 11.6 Å². The van der Waals surface area contributed by atoms with Gasteiger partial charge in [0.2, 0.25) is 5.88 Å². The number of ether oxygens (including phenoxy) is 2. The van der Waals surface area contributed by atoms with Crippen molar-refractivity contribution in [1.82, 2.24) is 15.5 Å². The van der Waals surface area contributed by atoms with E-state index in [2.05, 4.69) is 15.5 Å². The van der Waals surface area contributed by atoms with Crippen molar-refractivity contribution < 1.29 is 18.7 Å². The van der Waals surface area contributed by atoms with Gasteiger partial charge in [-0.1, -0.05) is 42.5 Å². The Morgan fingerprint density at radius 1 is 1.04 bits per heavy atom.